The van der Waals surface area contributed by atoms with Crippen LogP contribution < -0.4 is 5.32 Å². The van der Waals surface area contributed by atoms with Crippen LogP contribution >= 0.6 is 0 Å². The van der Waals surface area contributed by atoms with E-state index in [0.717, 1.165) is 44.9 Å². The van der Waals surface area contributed by atoms with E-state index in [1.54, 1.807) is 0 Å². The highest BCUT2D eigenvalue weighted by molar-refractivity contribution is 5.78. The maximum atomic E-state index is 12.7. The molecule has 1 aliphatic rings. The summed E-state index contributed by atoms with van der Waals surface area (Å²) in [5.74, 6) is -0.196. The molecule has 6 nitrogen and oxygen atoms in total. The summed E-state index contributed by atoms with van der Waals surface area (Å²) < 4.78 is 11.3. The number of hydrogen-bond acceptors (Lipinski definition) is 5. The molecule has 6 heteroatoms. The molecule has 1 unspecified atom stereocenters. The van der Waals surface area contributed by atoms with Gasteiger partial charge in [-0.15, -0.1) is 0 Å². The molecule has 1 aliphatic heterocycles. The van der Waals surface area contributed by atoms with Gasteiger partial charge in [0.2, 0.25) is 6.41 Å². The molecule has 0 aromatic carbocycles. The topological polar surface area (TPSA) is 81.7 Å². The first kappa shape index (κ1) is 29.9. The Morgan fingerprint density at radius 3 is 2.50 bits per heavy atom. The number of amides is 1. The molecule has 1 fully saturated rings. The highest BCUT2D eigenvalue weighted by Crippen LogP contribution is 2.32. The highest BCUT2D eigenvalue weighted by atomic mass is 16.6. The van der Waals surface area contributed by atoms with Gasteiger partial charge in [0.15, 0.2) is 0 Å². The van der Waals surface area contributed by atoms with Crippen LogP contribution in [0.2, 0.25) is 0 Å². The zero-order valence-electron chi connectivity index (χ0n) is 21.8. The smallest absolute Gasteiger partial charge is 0.313 e. The standard InChI is InChI=1S/C28H47NO5/c1-5-7-9-11-12-13-14-16-24(33-27(31)19-23(29-21-30)18-22(3)4)20-26-25(28(32)34-26)17-15-10-8-6-2/h9,11,13-14,21-26H,5-8,10,12,15-20H2,1-4H3,(H,29,30)/b11-9+,14-13+/t23-,24-,25?,26-/m0/s1. The van der Waals surface area contributed by atoms with Crippen LogP contribution in [0.15, 0.2) is 24.3 Å². The average molecular weight is 478 g/mol. The second-order valence-electron chi connectivity index (χ2n) is 9.80. The van der Waals surface area contributed by atoms with E-state index in [4.69, 9.17) is 9.47 Å². The molecule has 1 saturated heterocycles. The van der Waals surface area contributed by atoms with Crippen LogP contribution in [0.1, 0.15) is 105 Å². The normalized spacial score (nSPS) is 19.7. The lowest BCUT2D eigenvalue weighted by Crippen LogP contribution is -2.47. The van der Waals surface area contributed by atoms with Gasteiger partial charge in [-0.3, -0.25) is 14.4 Å². The van der Waals surface area contributed by atoms with Crippen molar-refractivity contribution in [1.29, 1.82) is 0 Å². The van der Waals surface area contributed by atoms with Crippen LogP contribution in [-0.4, -0.2) is 36.6 Å². The Kier molecular flexibility index (Phi) is 16.1. The molecule has 0 aromatic heterocycles. The van der Waals surface area contributed by atoms with Gasteiger partial charge in [0.05, 0.1) is 12.3 Å². The zero-order valence-corrected chi connectivity index (χ0v) is 21.8. The summed E-state index contributed by atoms with van der Waals surface area (Å²) in [6.45, 7) is 8.43. The van der Waals surface area contributed by atoms with Gasteiger partial charge in [-0.1, -0.05) is 84.1 Å². The second kappa shape index (κ2) is 18.2. The fourth-order valence-electron chi connectivity index (χ4n) is 4.27. The van der Waals surface area contributed by atoms with Gasteiger partial charge in [-0.25, -0.2) is 0 Å². The number of unbranched alkanes of at least 4 members (excludes halogenated alkanes) is 4. The average Bonchev–Trinajstić information content (AvgIpc) is 2.77. The summed E-state index contributed by atoms with van der Waals surface area (Å²) in [5.41, 5.74) is 0. The molecular weight excluding hydrogens is 430 g/mol. The Bertz CT molecular complexity index is 643. The Morgan fingerprint density at radius 2 is 1.85 bits per heavy atom. The van der Waals surface area contributed by atoms with E-state index in [-0.39, 0.29) is 42.5 Å². The summed E-state index contributed by atoms with van der Waals surface area (Å²) in [6.07, 6.45) is 18.9. The third-order valence-corrected chi connectivity index (χ3v) is 6.11. The molecule has 1 amide bonds. The number of carbonyl (C=O) groups excluding carboxylic acids is 3. The summed E-state index contributed by atoms with van der Waals surface area (Å²) >= 11 is 0. The molecule has 1 heterocycles. The first-order valence-electron chi connectivity index (χ1n) is 13.3. The molecule has 1 rings (SSSR count). The summed E-state index contributed by atoms with van der Waals surface area (Å²) in [6, 6.07) is -0.238. The van der Waals surface area contributed by atoms with Crippen molar-refractivity contribution in [3.8, 4) is 0 Å². The van der Waals surface area contributed by atoms with E-state index in [1.165, 1.54) is 6.42 Å². The van der Waals surface area contributed by atoms with E-state index in [2.05, 4.69) is 51.2 Å². The minimum atomic E-state index is -0.351. The molecule has 0 aromatic rings. The monoisotopic (exact) mass is 477 g/mol. The summed E-state index contributed by atoms with van der Waals surface area (Å²) in [5, 5.41) is 2.73. The van der Waals surface area contributed by atoms with Crippen LogP contribution in [0.25, 0.3) is 0 Å². The van der Waals surface area contributed by atoms with Gasteiger partial charge in [0.25, 0.3) is 0 Å². The van der Waals surface area contributed by atoms with Crippen molar-refractivity contribution in [2.75, 3.05) is 0 Å². The fourth-order valence-corrected chi connectivity index (χ4v) is 4.27. The van der Waals surface area contributed by atoms with Gasteiger partial charge >= 0.3 is 11.9 Å². The molecular formula is C28H47NO5. The van der Waals surface area contributed by atoms with E-state index >= 15 is 0 Å². The fraction of sp³-hybridized carbons (Fsp3) is 0.750. The van der Waals surface area contributed by atoms with Crippen molar-refractivity contribution in [3.05, 3.63) is 24.3 Å². The molecule has 0 bridgehead atoms. The Morgan fingerprint density at radius 1 is 1.09 bits per heavy atom. The van der Waals surface area contributed by atoms with Crippen molar-refractivity contribution < 1.29 is 23.9 Å². The molecule has 0 saturated carbocycles. The van der Waals surface area contributed by atoms with Crippen molar-refractivity contribution in [2.45, 2.75) is 123 Å². The number of esters is 2. The van der Waals surface area contributed by atoms with Crippen molar-refractivity contribution in [1.82, 2.24) is 5.32 Å². The summed E-state index contributed by atoms with van der Waals surface area (Å²) in [4.78, 5) is 35.6. The highest BCUT2D eigenvalue weighted by Gasteiger charge is 2.43. The molecule has 34 heavy (non-hydrogen) atoms. The van der Waals surface area contributed by atoms with Gasteiger partial charge in [0, 0.05) is 18.9 Å². The van der Waals surface area contributed by atoms with Crippen LogP contribution in [0.3, 0.4) is 0 Å². The molecule has 0 radical (unpaired) electrons. The molecule has 0 aliphatic carbocycles. The number of allylic oxidation sites excluding steroid dienone is 3. The van der Waals surface area contributed by atoms with Crippen molar-refractivity contribution >= 4 is 18.3 Å². The number of nitrogens with one attached hydrogen (secondary N) is 1. The number of rotatable bonds is 20. The molecule has 4 atom stereocenters. The number of hydrogen-bond donors (Lipinski definition) is 1. The predicted molar refractivity (Wildman–Crippen MR) is 136 cm³/mol. The van der Waals surface area contributed by atoms with Crippen LogP contribution in [0, 0.1) is 11.8 Å². The van der Waals surface area contributed by atoms with Gasteiger partial charge < -0.3 is 14.8 Å². The maximum Gasteiger partial charge on any atom is 0.313 e. The molecule has 0 spiro atoms. The van der Waals surface area contributed by atoms with E-state index in [0.29, 0.717) is 31.6 Å². The summed E-state index contributed by atoms with van der Waals surface area (Å²) in [7, 11) is 0. The largest absolute Gasteiger partial charge is 0.462 e. The number of ether oxygens (including phenoxy) is 2. The lowest BCUT2D eigenvalue weighted by Gasteiger charge is -2.37. The van der Waals surface area contributed by atoms with E-state index in [9.17, 15) is 14.4 Å². The SMILES string of the molecule is CCC/C=C/C/C=C/C[C@@H](C[C@@H]1OC(=O)C1CCCCCC)OC(=O)C[C@H](CC(C)C)NC=O. The number of cyclic esters (lactones) is 1. The van der Waals surface area contributed by atoms with Crippen LogP contribution in [0.4, 0.5) is 0 Å². The van der Waals surface area contributed by atoms with E-state index < -0.39 is 0 Å². The Labute approximate surface area is 206 Å². The number of carbonyl (C=O) groups is 3. The van der Waals surface area contributed by atoms with Crippen LogP contribution in [0.5, 0.6) is 0 Å². The Hall–Kier alpha value is -2.11. The molecule has 1 N–H and O–H groups in total. The van der Waals surface area contributed by atoms with Crippen molar-refractivity contribution in [2.24, 2.45) is 11.8 Å². The lowest BCUT2D eigenvalue weighted by molar-refractivity contribution is -0.190. The third-order valence-electron chi connectivity index (χ3n) is 6.11. The zero-order chi connectivity index (χ0) is 25.2. The first-order valence-corrected chi connectivity index (χ1v) is 13.3. The van der Waals surface area contributed by atoms with Gasteiger partial charge in [0.1, 0.15) is 12.2 Å². The molecule has 194 valence electrons. The van der Waals surface area contributed by atoms with Gasteiger partial charge in [-0.05, 0) is 31.6 Å². The second-order valence-corrected chi connectivity index (χ2v) is 9.80. The minimum absolute atomic E-state index is 0.0931. The van der Waals surface area contributed by atoms with Gasteiger partial charge in [-0.2, -0.15) is 0 Å². The predicted octanol–water partition coefficient (Wildman–Crippen LogP) is 6.04. The minimum Gasteiger partial charge on any atom is -0.462 e. The first-order chi connectivity index (χ1) is 16.4. The maximum absolute atomic E-state index is 12.7. The lowest BCUT2D eigenvalue weighted by atomic mass is 9.87. The van der Waals surface area contributed by atoms with Crippen LogP contribution in [-0.2, 0) is 23.9 Å². The quantitative estimate of drug-likeness (QED) is 0.1000. The van der Waals surface area contributed by atoms with Crippen molar-refractivity contribution in [3.63, 3.8) is 0 Å². The van der Waals surface area contributed by atoms with E-state index in [1.807, 2.05) is 6.08 Å². The third kappa shape index (κ3) is 13.0. The Balaban J connectivity index is 2.69.